The number of hydrogen-bond donors (Lipinski definition) is 1. The van der Waals surface area contributed by atoms with Crippen molar-refractivity contribution in [3.63, 3.8) is 0 Å². The maximum absolute atomic E-state index is 11.9. The zero-order chi connectivity index (χ0) is 17.1. The van der Waals surface area contributed by atoms with Crippen LogP contribution in [0.15, 0.2) is 57.7 Å². The fourth-order valence-corrected chi connectivity index (χ4v) is 3.14. The van der Waals surface area contributed by atoms with Crippen molar-refractivity contribution in [3.8, 4) is 0 Å². The number of hydrogen-bond acceptors (Lipinski definition) is 3. The Morgan fingerprint density at radius 1 is 1.17 bits per heavy atom. The Balaban J connectivity index is 1.87. The van der Waals surface area contributed by atoms with Crippen molar-refractivity contribution in [2.24, 2.45) is 0 Å². The second-order valence-corrected chi connectivity index (χ2v) is 6.31. The molecule has 3 nitrogen and oxygen atoms in total. The van der Waals surface area contributed by atoms with E-state index in [9.17, 15) is 4.79 Å². The number of halogens is 1. The van der Waals surface area contributed by atoms with Crippen LogP contribution < -0.4 is 10.9 Å². The Bertz CT molecular complexity index is 917. The largest absolute Gasteiger partial charge is 0.423 e. The van der Waals surface area contributed by atoms with E-state index in [1.807, 2.05) is 36.4 Å². The summed E-state index contributed by atoms with van der Waals surface area (Å²) < 4.78 is 5.35. The normalized spacial score (nSPS) is 12.5. The molecule has 1 atom stereocenters. The van der Waals surface area contributed by atoms with Crippen LogP contribution >= 0.6 is 11.6 Å². The van der Waals surface area contributed by atoms with Crippen LogP contribution in [0.4, 0.5) is 0 Å². The highest BCUT2D eigenvalue weighted by molar-refractivity contribution is 6.31. The third-order valence-corrected chi connectivity index (χ3v) is 4.62. The van der Waals surface area contributed by atoms with E-state index in [0.717, 1.165) is 33.5 Å². The predicted octanol–water partition coefficient (Wildman–Crippen LogP) is 4.86. The van der Waals surface area contributed by atoms with Crippen LogP contribution in [0, 0.1) is 0 Å². The molecule has 0 bridgehead atoms. The summed E-state index contributed by atoms with van der Waals surface area (Å²) in [6.07, 6.45) is 0.908. The fourth-order valence-electron chi connectivity index (χ4n) is 2.84. The van der Waals surface area contributed by atoms with E-state index >= 15 is 0 Å². The molecule has 2 aromatic carbocycles. The zero-order valence-corrected chi connectivity index (χ0v) is 14.6. The van der Waals surface area contributed by atoms with Crippen LogP contribution in [-0.2, 0) is 13.0 Å². The number of nitrogens with one attached hydrogen (secondary N) is 1. The van der Waals surface area contributed by atoms with Crippen LogP contribution in [0.25, 0.3) is 11.0 Å². The van der Waals surface area contributed by atoms with Gasteiger partial charge in [0.1, 0.15) is 5.58 Å². The van der Waals surface area contributed by atoms with Gasteiger partial charge in [-0.15, -0.1) is 0 Å². The Labute approximate surface area is 146 Å². The van der Waals surface area contributed by atoms with Gasteiger partial charge in [0.05, 0.1) is 0 Å². The van der Waals surface area contributed by atoms with Gasteiger partial charge in [-0.05, 0) is 42.2 Å². The zero-order valence-electron chi connectivity index (χ0n) is 13.8. The molecule has 0 radical (unpaired) electrons. The maximum Gasteiger partial charge on any atom is 0.336 e. The SMILES string of the molecule is CCc1ccc2c(CNC(C)c3ccccc3Cl)cc(=O)oc2c1. The second-order valence-electron chi connectivity index (χ2n) is 5.90. The molecule has 3 aromatic rings. The molecular formula is C20H20ClNO2. The minimum Gasteiger partial charge on any atom is -0.423 e. The first-order valence-corrected chi connectivity index (χ1v) is 8.49. The monoisotopic (exact) mass is 341 g/mol. The summed E-state index contributed by atoms with van der Waals surface area (Å²) in [5.74, 6) is 0. The smallest absolute Gasteiger partial charge is 0.336 e. The van der Waals surface area contributed by atoms with E-state index < -0.39 is 0 Å². The molecule has 1 unspecified atom stereocenters. The minimum atomic E-state index is -0.321. The molecule has 3 rings (SSSR count). The maximum atomic E-state index is 11.9. The third-order valence-electron chi connectivity index (χ3n) is 4.27. The van der Waals surface area contributed by atoms with Gasteiger partial charge in [0.2, 0.25) is 0 Å². The van der Waals surface area contributed by atoms with Gasteiger partial charge in [-0.2, -0.15) is 0 Å². The van der Waals surface area contributed by atoms with Crippen LogP contribution in [0.3, 0.4) is 0 Å². The summed E-state index contributed by atoms with van der Waals surface area (Å²) in [6.45, 7) is 4.71. The molecule has 0 saturated heterocycles. The van der Waals surface area contributed by atoms with Gasteiger partial charge in [-0.25, -0.2) is 4.79 Å². The van der Waals surface area contributed by atoms with Crippen molar-refractivity contribution in [2.75, 3.05) is 0 Å². The molecule has 0 aliphatic heterocycles. The summed E-state index contributed by atoms with van der Waals surface area (Å²) in [6, 6.07) is 15.4. The van der Waals surface area contributed by atoms with Crippen molar-refractivity contribution < 1.29 is 4.42 Å². The summed E-state index contributed by atoms with van der Waals surface area (Å²) in [7, 11) is 0. The first kappa shape index (κ1) is 16.7. The third kappa shape index (κ3) is 3.53. The van der Waals surface area contributed by atoms with Gasteiger partial charge >= 0.3 is 5.63 Å². The topological polar surface area (TPSA) is 42.2 Å². The molecule has 1 N–H and O–H groups in total. The molecule has 24 heavy (non-hydrogen) atoms. The predicted molar refractivity (Wildman–Crippen MR) is 98.6 cm³/mol. The average molecular weight is 342 g/mol. The summed E-state index contributed by atoms with van der Waals surface area (Å²) >= 11 is 6.25. The lowest BCUT2D eigenvalue weighted by atomic mass is 10.0. The first-order valence-electron chi connectivity index (χ1n) is 8.12. The molecule has 0 fully saturated rings. The lowest BCUT2D eigenvalue weighted by molar-refractivity contribution is 0.547. The van der Waals surface area contributed by atoms with E-state index in [0.29, 0.717) is 12.1 Å². The lowest BCUT2D eigenvalue weighted by Gasteiger charge is -2.16. The van der Waals surface area contributed by atoms with Gasteiger partial charge in [0.15, 0.2) is 0 Å². The Kier molecular flexibility index (Phi) is 5.03. The first-order chi connectivity index (χ1) is 11.6. The Morgan fingerprint density at radius 3 is 2.71 bits per heavy atom. The Morgan fingerprint density at radius 2 is 1.96 bits per heavy atom. The molecule has 0 amide bonds. The molecule has 1 heterocycles. The highest BCUT2D eigenvalue weighted by Gasteiger charge is 2.11. The molecule has 4 heteroatoms. The van der Waals surface area contributed by atoms with E-state index in [4.69, 9.17) is 16.0 Å². The van der Waals surface area contributed by atoms with Crippen molar-refractivity contribution >= 4 is 22.6 Å². The molecule has 0 aliphatic carbocycles. The number of aryl methyl sites for hydroxylation is 1. The lowest BCUT2D eigenvalue weighted by Crippen LogP contribution is -2.19. The highest BCUT2D eigenvalue weighted by Crippen LogP contribution is 2.24. The van der Waals surface area contributed by atoms with Gasteiger partial charge < -0.3 is 9.73 Å². The molecule has 0 spiro atoms. The second kappa shape index (κ2) is 7.20. The van der Waals surface area contributed by atoms with Crippen LogP contribution in [-0.4, -0.2) is 0 Å². The molecule has 1 aromatic heterocycles. The molecular weight excluding hydrogens is 322 g/mol. The summed E-state index contributed by atoms with van der Waals surface area (Å²) in [5.41, 5.74) is 3.45. The van der Waals surface area contributed by atoms with Gasteiger partial charge in [-0.1, -0.05) is 48.9 Å². The van der Waals surface area contributed by atoms with Crippen molar-refractivity contribution in [1.29, 1.82) is 0 Å². The minimum absolute atomic E-state index is 0.0795. The fraction of sp³-hybridized carbons (Fsp3) is 0.250. The standard InChI is InChI=1S/C20H20ClNO2/c1-3-14-8-9-17-15(11-20(23)24-19(17)10-14)12-22-13(2)16-6-4-5-7-18(16)21/h4-11,13,22H,3,12H2,1-2H3. The Hall–Kier alpha value is -2.10. The van der Waals surface area contributed by atoms with Crippen LogP contribution in [0.1, 0.15) is 36.6 Å². The van der Waals surface area contributed by atoms with E-state index in [-0.39, 0.29) is 11.7 Å². The van der Waals surface area contributed by atoms with Crippen molar-refractivity contribution in [2.45, 2.75) is 32.9 Å². The number of fused-ring (bicyclic) bond motifs is 1. The number of benzene rings is 2. The van der Waals surface area contributed by atoms with Crippen molar-refractivity contribution in [1.82, 2.24) is 5.32 Å². The van der Waals surface area contributed by atoms with E-state index in [2.05, 4.69) is 25.2 Å². The van der Waals surface area contributed by atoms with Crippen molar-refractivity contribution in [3.05, 3.63) is 80.7 Å². The molecule has 0 aliphatic rings. The van der Waals surface area contributed by atoms with Crippen LogP contribution in [0.5, 0.6) is 0 Å². The molecule has 0 saturated carbocycles. The van der Waals surface area contributed by atoms with E-state index in [1.165, 1.54) is 0 Å². The van der Waals surface area contributed by atoms with Gasteiger partial charge in [-0.3, -0.25) is 0 Å². The van der Waals surface area contributed by atoms with Gasteiger partial charge in [0.25, 0.3) is 0 Å². The summed E-state index contributed by atoms with van der Waals surface area (Å²) in [5, 5.41) is 5.14. The average Bonchev–Trinajstić information content (AvgIpc) is 2.59. The quantitative estimate of drug-likeness (QED) is 0.674. The molecule has 124 valence electrons. The van der Waals surface area contributed by atoms with E-state index in [1.54, 1.807) is 6.07 Å². The van der Waals surface area contributed by atoms with Gasteiger partial charge in [0, 0.05) is 29.1 Å². The number of rotatable bonds is 5. The van der Waals surface area contributed by atoms with Crippen LogP contribution in [0.2, 0.25) is 5.02 Å². The highest BCUT2D eigenvalue weighted by atomic mass is 35.5. The summed E-state index contributed by atoms with van der Waals surface area (Å²) in [4.78, 5) is 11.9.